The molecule has 0 aliphatic rings. The zero-order valence-corrected chi connectivity index (χ0v) is 18.3. The number of benzene rings is 2. The predicted molar refractivity (Wildman–Crippen MR) is 113 cm³/mol. The maximum Gasteiger partial charge on any atom is 0.338 e. The molecule has 0 heterocycles. The van der Waals surface area contributed by atoms with Crippen molar-refractivity contribution < 1.29 is 27.5 Å². The summed E-state index contributed by atoms with van der Waals surface area (Å²) in [5, 5.41) is 2.60. The van der Waals surface area contributed by atoms with Crippen LogP contribution in [0, 0.1) is 6.92 Å². The fraction of sp³-hybridized carbons (Fsp3) is 0.333. The molecular weight excluding hydrogens is 408 g/mol. The average Bonchev–Trinajstić information content (AvgIpc) is 2.73. The standard InChI is InChI=1S/C21H26N2O6S/c1-5-23(6-2)30(26,27)19-13-16(8-7-15(19)3)21(25)29-14-20(24)22-17-9-11-18(28-4)12-10-17/h7-13H,5-6,14H2,1-4H3,(H,22,24). The molecule has 0 spiro atoms. The third-order valence-electron chi connectivity index (χ3n) is 4.46. The van der Waals surface area contributed by atoms with E-state index in [1.54, 1.807) is 51.1 Å². The normalized spacial score (nSPS) is 11.2. The van der Waals surface area contributed by atoms with E-state index in [2.05, 4.69) is 5.32 Å². The van der Waals surface area contributed by atoms with Gasteiger partial charge in [0.15, 0.2) is 6.61 Å². The summed E-state index contributed by atoms with van der Waals surface area (Å²) in [6.07, 6.45) is 0. The molecule has 0 atom stereocenters. The third-order valence-corrected chi connectivity index (χ3v) is 6.65. The molecule has 0 aliphatic heterocycles. The molecule has 8 nitrogen and oxygen atoms in total. The van der Waals surface area contributed by atoms with E-state index in [9.17, 15) is 18.0 Å². The summed E-state index contributed by atoms with van der Waals surface area (Å²) in [6.45, 7) is 5.29. The minimum absolute atomic E-state index is 0.0448. The lowest BCUT2D eigenvalue weighted by atomic mass is 10.1. The summed E-state index contributed by atoms with van der Waals surface area (Å²) >= 11 is 0. The maximum atomic E-state index is 12.8. The molecule has 0 radical (unpaired) electrons. The van der Waals surface area contributed by atoms with Crippen molar-refractivity contribution in [1.82, 2.24) is 4.31 Å². The van der Waals surface area contributed by atoms with E-state index in [1.165, 1.54) is 23.5 Å². The van der Waals surface area contributed by atoms with Crippen molar-refractivity contribution in [3.63, 3.8) is 0 Å². The van der Waals surface area contributed by atoms with Crippen molar-refractivity contribution in [3.8, 4) is 5.75 Å². The summed E-state index contributed by atoms with van der Waals surface area (Å²) in [6, 6.07) is 11.0. The van der Waals surface area contributed by atoms with Crippen LogP contribution in [-0.4, -0.2) is 51.4 Å². The number of esters is 1. The lowest BCUT2D eigenvalue weighted by Crippen LogP contribution is -2.31. The van der Waals surface area contributed by atoms with E-state index < -0.39 is 28.5 Å². The van der Waals surface area contributed by atoms with Gasteiger partial charge in [-0.25, -0.2) is 13.2 Å². The summed E-state index contributed by atoms with van der Waals surface area (Å²) in [5.74, 6) is -0.651. The van der Waals surface area contributed by atoms with Gasteiger partial charge in [-0.15, -0.1) is 0 Å². The fourth-order valence-corrected chi connectivity index (χ4v) is 4.50. The van der Waals surface area contributed by atoms with Crippen LogP contribution >= 0.6 is 0 Å². The first kappa shape index (κ1) is 23.4. The van der Waals surface area contributed by atoms with Crippen LogP contribution in [0.3, 0.4) is 0 Å². The smallest absolute Gasteiger partial charge is 0.338 e. The van der Waals surface area contributed by atoms with E-state index in [4.69, 9.17) is 9.47 Å². The number of aryl methyl sites for hydroxylation is 1. The third kappa shape index (κ3) is 5.58. The van der Waals surface area contributed by atoms with Gasteiger partial charge in [0.25, 0.3) is 5.91 Å². The summed E-state index contributed by atoms with van der Waals surface area (Å²) in [7, 11) is -2.19. The van der Waals surface area contributed by atoms with Gasteiger partial charge in [-0.05, 0) is 48.9 Å². The molecular formula is C21H26N2O6S. The van der Waals surface area contributed by atoms with Gasteiger partial charge >= 0.3 is 5.97 Å². The lowest BCUT2D eigenvalue weighted by Gasteiger charge is -2.20. The number of hydrogen-bond donors (Lipinski definition) is 1. The Morgan fingerprint density at radius 1 is 1.03 bits per heavy atom. The number of amides is 1. The molecule has 0 unspecified atom stereocenters. The van der Waals surface area contributed by atoms with Gasteiger partial charge in [0.2, 0.25) is 10.0 Å². The van der Waals surface area contributed by atoms with Crippen LogP contribution in [0.25, 0.3) is 0 Å². The molecule has 2 rings (SSSR count). The maximum absolute atomic E-state index is 12.8. The first-order valence-electron chi connectivity index (χ1n) is 9.44. The first-order chi connectivity index (χ1) is 14.2. The predicted octanol–water partition coefficient (Wildman–Crippen LogP) is 2.83. The van der Waals surface area contributed by atoms with E-state index in [0.717, 1.165) is 0 Å². The molecule has 0 saturated carbocycles. The zero-order chi connectivity index (χ0) is 22.3. The Kier molecular flexibility index (Phi) is 7.96. The molecule has 0 fully saturated rings. The Morgan fingerprint density at radius 2 is 1.67 bits per heavy atom. The number of nitrogens with one attached hydrogen (secondary N) is 1. The van der Waals surface area contributed by atoms with E-state index in [-0.39, 0.29) is 10.5 Å². The number of anilines is 1. The Balaban J connectivity index is 2.07. The number of methoxy groups -OCH3 is 1. The molecule has 0 aromatic heterocycles. The van der Waals surface area contributed by atoms with E-state index in [1.807, 2.05) is 0 Å². The Bertz CT molecular complexity index is 999. The van der Waals surface area contributed by atoms with Crippen LogP contribution < -0.4 is 10.1 Å². The lowest BCUT2D eigenvalue weighted by molar-refractivity contribution is -0.119. The molecule has 0 saturated heterocycles. The highest BCUT2D eigenvalue weighted by Crippen LogP contribution is 2.22. The second kappa shape index (κ2) is 10.2. The van der Waals surface area contributed by atoms with Gasteiger partial charge in [0, 0.05) is 18.8 Å². The molecule has 1 N–H and O–H groups in total. The summed E-state index contributed by atoms with van der Waals surface area (Å²) in [4.78, 5) is 24.4. The number of rotatable bonds is 9. The van der Waals surface area contributed by atoms with Crippen LogP contribution in [0.1, 0.15) is 29.8 Å². The van der Waals surface area contributed by atoms with Crippen molar-refractivity contribution in [2.45, 2.75) is 25.7 Å². The minimum atomic E-state index is -3.73. The second-order valence-corrected chi connectivity index (χ2v) is 8.33. The molecule has 2 aromatic carbocycles. The molecule has 162 valence electrons. The van der Waals surface area contributed by atoms with Gasteiger partial charge in [-0.3, -0.25) is 4.79 Å². The highest BCUT2D eigenvalue weighted by atomic mass is 32.2. The van der Waals surface area contributed by atoms with Gasteiger partial charge < -0.3 is 14.8 Å². The SMILES string of the molecule is CCN(CC)S(=O)(=O)c1cc(C(=O)OCC(=O)Nc2ccc(OC)cc2)ccc1C. The largest absolute Gasteiger partial charge is 0.497 e. The van der Waals surface area contributed by atoms with Gasteiger partial charge in [-0.1, -0.05) is 19.9 Å². The average molecular weight is 435 g/mol. The van der Waals surface area contributed by atoms with Crippen LogP contribution in [0.5, 0.6) is 5.75 Å². The molecule has 1 amide bonds. The minimum Gasteiger partial charge on any atom is -0.497 e. The van der Waals surface area contributed by atoms with Crippen molar-refractivity contribution in [2.24, 2.45) is 0 Å². The summed E-state index contributed by atoms with van der Waals surface area (Å²) < 4.78 is 37.0. The first-order valence-corrected chi connectivity index (χ1v) is 10.9. The Morgan fingerprint density at radius 3 is 2.23 bits per heavy atom. The fourth-order valence-electron chi connectivity index (χ4n) is 2.79. The highest BCUT2D eigenvalue weighted by molar-refractivity contribution is 7.89. The van der Waals surface area contributed by atoms with Gasteiger partial charge in [0.05, 0.1) is 17.6 Å². The Labute approximate surface area is 176 Å². The Hall–Kier alpha value is -2.91. The molecule has 30 heavy (non-hydrogen) atoms. The van der Waals surface area contributed by atoms with Gasteiger partial charge in [0.1, 0.15) is 5.75 Å². The van der Waals surface area contributed by atoms with Crippen LogP contribution in [0.2, 0.25) is 0 Å². The van der Waals surface area contributed by atoms with Crippen LogP contribution in [0.15, 0.2) is 47.4 Å². The van der Waals surface area contributed by atoms with Crippen molar-refractivity contribution in [3.05, 3.63) is 53.6 Å². The molecule has 2 aromatic rings. The van der Waals surface area contributed by atoms with E-state index >= 15 is 0 Å². The number of carbonyl (C=O) groups is 2. The van der Waals surface area contributed by atoms with Crippen molar-refractivity contribution >= 4 is 27.6 Å². The molecule has 9 heteroatoms. The zero-order valence-electron chi connectivity index (χ0n) is 17.5. The van der Waals surface area contributed by atoms with Crippen LogP contribution in [-0.2, 0) is 19.6 Å². The quantitative estimate of drug-likeness (QED) is 0.609. The number of carbonyl (C=O) groups excluding carboxylic acids is 2. The summed E-state index contributed by atoms with van der Waals surface area (Å²) in [5.41, 5.74) is 1.11. The monoisotopic (exact) mass is 434 g/mol. The van der Waals surface area contributed by atoms with Gasteiger partial charge in [-0.2, -0.15) is 4.31 Å². The van der Waals surface area contributed by atoms with Crippen LogP contribution in [0.4, 0.5) is 5.69 Å². The number of ether oxygens (including phenoxy) is 2. The number of sulfonamides is 1. The second-order valence-electron chi connectivity index (χ2n) is 6.42. The van der Waals surface area contributed by atoms with Crippen molar-refractivity contribution in [1.29, 1.82) is 0 Å². The topological polar surface area (TPSA) is 102 Å². The number of nitrogens with zero attached hydrogens (tertiary/aromatic N) is 1. The highest BCUT2D eigenvalue weighted by Gasteiger charge is 2.25. The molecule has 0 aliphatic carbocycles. The number of hydrogen-bond acceptors (Lipinski definition) is 6. The van der Waals surface area contributed by atoms with E-state index in [0.29, 0.717) is 30.1 Å². The molecule has 0 bridgehead atoms. The van der Waals surface area contributed by atoms with Crippen molar-refractivity contribution in [2.75, 3.05) is 32.1 Å².